The van der Waals surface area contributed by atoms with Gasteiger partial charge in [-0.25, -0.2) is 39.1 Å². The molecule has 0 radical (unpaired) electrons. The molecular weight excluding hydrogens is 1100 g/mol. The summed E-state index contributed by atoms with van der Waals surface area (Å²) in [5.74, 6) is -1.67. The molecule has 0 aromatic heterocycles. The van der Waals surface area contributed by atoms with Gasteiger partial charge in [-0.2, -0.15) is 0 Å². The molecule has 4 spiro atoms. The molecule has 0 aromatic rings. The quantitative estimate of drug-likeness (QED) is 0.168. The van der Waals surface area contributed by atoms with E-state index in [9.17, 15) is 0 Å². The van der Waals surface area contributed by atoms with Gasteiger partial charge in [-0.3, -0.25) is 0 Å². The molecule has 0 N–H and O–H groups in total. The SMILES string of the molecule is C[C@@H]1CC[C@H]2[C@@H](C)C(OCC(COC3O[C@H]4OC5(C)CC[C@@H]6[C@@H](C)CC[C@H]([C@@H]3C)[C@]46OO5)(COC3O[C@@H]4OC5(C)CC[C@H]6[C@H](C)CC[C@@H]([C@H]3C)[C@@]46OO5)COC3O[C@@H]4OC5(C)CC[C@H]6[C@H](C)CC[C@@H]([C@H]3C)[C@@]46OO5)O[C@@H]3OC4(C)CC[C@@H]1[C@]32OO4. The maximum atomic E-state index is 7.46. The molecule has 8 unspecified atom stereocenters. The zero-order valence-electron chi connectivity index (χ0n) is 52.7. The molecule has 16 saturated heterocycles. The van der Waals surface area contributed by atoms with Crippen LogP contribution in [0, 0.1) is 100 Å². The molecule has 0 amide bonds. The van der Waals surface area contributed by atoms with Crippen LogP contribution in [-0.4, -0.2) is 122 Å². The van der Waals surface area contributed by atoms with E-state index in [-0.39, 0.29) is 97.4 Å². The summed E-state index contributed by atoms with van der Waals surface area (Å²) in [5.41, 5.74) is -4.15. The van der Waals surface area contributed by atoms with E-state index < -0.39 is 101 Å². The number of hydrogen-bond donors (Lipinski definition) is 0. The summed E-state index contributed by atoms with van der Waals surface area (Å²) in [5, 5.41) is 0. The molecule has 20 heteroatoms. The first-order valence-electron chi connectivity index (χ1n) is 33.9. The Balaban J connectivity index is 0.755. The number of hydrogen-bond acceptors (Lipinski definition) is 20. The second-order valence-corrected chi connectivity index (χ2v) is 31.8. The monoisotopic (exact) mass is 1200 g/mol. The fraction of sp³-hybridized carbons (Fsp3) is 1.00. The first-order valence-corrected chi connectivity index (χ1v) is 33.9. The molecule has 20 aliphatic rings. The van der Waals surface area contributed by atoms with Crippen LogP contribution in [0.3, 0.4) is 0 Å². The molecule has 8 bridgehead atoms. The molecule has 4 aliphatic carbocycles. The molecule has 20 nitrogen and oxygen atoms in total. The Morgan fingerprint density at radius 1 is 0.294 bits per heavy atom. The van der Waals surface area contributed by atoms with Crippen LogP contribution >= 0.6 is 0 Å². The maximum absolute atomic E-state index is 7.46. The van der Waals surface area contributed by atoms with Crippen molar-refractivity contribution in [2.45, 2.75) is 282 Å². The molecular formula is C65H100O20. The minimum Gasteiger partial charge on any atom is -0.351 e. The highest BCUT2D eigenvalue weighted by Crippen LogP contribution is 2.66. The van der Waals surface area contributed by atoms with Crippen molar-refractivity contribution >= 4 is 0 Å². The molecule has 480 valence electrons. The summed E-state index contributed by atoms with van der Waals surface area (Å²) in [6.07, 6.45) is 8.87. The van der Waals surface area contributed by atoms with E-state index in [4.69, 9.17) is 95.9 Å². The van der Waals surface area contributed by atoms with E-state index in [1.165, 1.54) is 0 Å². The van der Waals surface area contributed by atoms with Gasteiger partial charge in [0, 0.05) is 73.0 Å². The zero-order valence-corrected chi connectivity index (χ0v) is 52.7. The summed E-state index contributed by atoms with van der Waals surface area (Å²) >= 11 is 0. The van der Waals surface area contributed by atoms with E-state index in [1.54, 1.807) is 0 Å². The van der Waals surface area contributed by atoms with Crippen LogP contribution in [-0.2, 0) is 95.9 Å². The van der Waals surface area contributed by atoms with E-state index in [2.05, 4.69) is 55.4 Å². The summed E-state index contributed by atoms with van der Waals surface area (Å²) < 4.78 is 86.2. The second-order valence-electron chi connectivity index (χ2n) is 31.8. The standard InChI is InChI=1S/C65H100O20/c1-33-13-17-45-37(5)49(70-53-62(45)41(33)21-25-57(9,74-53)78-82-62)66-29-61(30-67-50-38(6)46-18-14-34(2)42-22-26-58(10)75-54(71-50)63(42,46)83-79-58,31-68-51-39(7)47-19-15-35(3)43-23-27-59(11)76-55(72-51)64(43,47)84-80-59)32-69-52-40(8)48-20-16-36(4)44-24-28-60(12)77-56(73-52)65(44,48)85-81-60/h33-56H,13-32H2,1-12H3/t33-,34-,35-,36+,37-,38-,39-,40+,41+,42+,43+,44-,45+,46+,47+,48-,49?,50?,51?,52?,53-,54-,55-,56+,57?,58?,59?,60?,61?,62-,63-,64-,65+/m1/s1. The van der Waals surface area contributed by atoms with Gasteiger partial charge in [-0.1, -0.05) is 55.4 Å². The molecule has 16 aliphatic heterocycles. The van der Waals surface area contributed by atoms with Crippen LogP contribution in [0.4, 0.5) is 0 Å². The first kappa shape index (κ1) is 59.2. The Morgan fingerprint density at radius 2 is 0.518 bits per heavy atom. The molecule has 20 fully saturated rings. The van der Waals surface area contributed by atoms with Gasteiger partial charge in [0.2, 0.25) is 23.1 Å². The Hall–Kier alpha value is -0.800. The van der Waals surface area contributed by atoms with Gasteiger partial charge in [0.25, 0.3) is 0 Å². The van der Waals surface area contributed by atoms with Crippen LogP contribution in [0.15, 0.2) is 0 Å². The van der Waals surface area contributed by atoms with Crippen LogP contribution in [0.25, 0.3) is 0 Å². The van der Waals surface area contributed by atoms with Crippen molar-refractivity contribution in [3.63, 3.8) is 0 Å². The third-order valence-electron chi connectivity index (χ3n) is 26.6. The van der Waals surface area contributed by atoms with Gasteiger partial charge >= 0.3 is 0 Å². The number of rotatable bonds is 12. The van der Waals surface area contributed by atoms with E-state index >= 15 is 0 Å². The Labute approximate surface area is 502 Å². The first-order chi connectivity index (χ1) is 40.6. The summed E-state index contributed by atoms with van der Waals surface area (Å²) in [6, 6.07) is 0. The Morgan fingerprint density at radius 3 is 0.741 bits per heavy atom. The van der Waals surface area contributed by atoms with Gasteiger partial charge in [0.15, 0.2) is 72.7 Å². The van der Waals surface area contributed by atoms with Crippen molar-refractivity contribution in [1.29, 1.82) is 0 Å². The van der Waals surface area contributed by atoms with Gasteiger partial charge in [-0.15, -0.1) is 0 Å². The van der Waals surface area contributed by atoms with Crippen molar-refractivity contribution in [2.75, 3.05) is 26.4 Å². The molecule has 4 saturated carbocycles. The highest BCUT2D eigenvalue weighted by Gasteiger charge is 2.75. The predicted octanol–water partition coefficient (Wildman–Crippen LogP) is 10.9. The molecule has 85 heavy (non-hydrogen) atoms. The normalized spacial score (nSPS) is 60.3. The van der Waals surface area contributed by atoms with Gasteiger partial charge < -0.3 is 56.8 Å². The Kier molecular flexibility index (Phi) is 14.4. The van der Waals surface area contributed by atoms with Crippen LogP contribution < -0.4 is 0 Å². The van der Waals surface area contributed by atoms with E-state index in [1.807, 2.05) is 27.7 Å². The summed E-state index contributed by atoms with van der Waals surface area (Å²) in [4.78, 5) is 51.5. The topological polar surface area (TPSA) is 185 Å². The summed E-state index contributed by atoms with van der Waals surface area (Å²) in [7, 11) is 0. The predicted molar refractivity (Wildman–Crippen MR) is 294 cm³/mol. The maximum Gasteiger partial charge on any atom is 0.201 e. The van der Waals surface area contributed by atoms with Crippen molar-refractivity contribution in [3.8, 4) is 0 Å². The average molecular weight is 1200 g/mol. The summed E-state index contributed by atoms with van der Waals surface area (Å²) in [6.45, 7) is 26.5. The third-order valence-corrected chi connectivity index (χ3v) is 26.6. The highest BCUT2D eigenvalue weighted by atomic mass is 17.3. The molecule has 0 aromatic carbocycles. The number of fused-ring (bicyclic) bond motifs is 8. The Bertz CT molecular complexity index is 2180. The van der Waals surface area contributed by atoms with Gasteiger partial charge in [-0.05, 0) is 152 Å². The lowest BCUT2D eigenvalue weighted by Gasteiger charge is -2.61. The average Bonchev–Trinajstić information content (AvgIpc) is 1.94. The molecule has 16 heterocycles. The van der Waals surface area contributed by atoms with Crippen LogP contribution in [0.1, 0.15) is 186 Å². The van der Waals surface area contributed by atoms with E-state index in [0.717, 1.165) is 77.0 Å². The third kappa shape index (κ3) is 8.69. The largest absolute Gasteiger partial charge is 0.351 e. The van der Waals surface area contributed by atoms with Crippen molar-refractivity contribution < 1.29 is 95.9 Å². The van der Waals surface area contributed by atoms with Crippen LogP contribution in [0.5, 0.6) is 0 Å². The second kappa shape index (κ2) is 20.6. The van der Waals surface area contributed by atoms with Crippen molar-refractivity contribution in [3.05, 3.63) is 0 Å². The highest BCUT2D eigenvalue weighted by molar-refractivity contribution is 5.14. The lowest BCUT2D eigenvalue weighted by molar-refractivity contribution is -0.579. The smallest absolute Gasteiger partial charge is 0.201 e. The van der Waals surface area contributed by atoms with Gasteiger partial charge in [0.1, 0.15) is 0 Å². The zero-order chi connectivity index (χ0) is 58.6. The van der Waals surface area contributed by atoms with Crippen molar-refractivity contribution in [2.24, 2.45) is 100 Å². The minimum atomic E-state index is -1.07. The molecule has 20 rings (SSSR count). The fourth-order valence-corrected chi connectivity index (χ4v) is 21.5. The minimum absolute atomic E-state index is 0.0367. The van der Waals surface area contributed by atoms with Gasteiger partial charge in [0.05, 0.1) is 31.8 Å². The molecule has 32 atom stereocenters. The lowest BCUT2D eigenvalue weighted by atomic mass is 9.58. The van der Waals surface area contributed by atoms with E-state index in [0.29, 0.717) is 49.4 Å². The van der Waals surface area contributed by atoms with Crippen molar-refractivity contribution in [1.82, 2.24) is 0 Å². The van der Waals surface area contributed by atoms with Crippen LogP contribution in [0.2, 0.25) is 0 Å². The lowest BCUT2D eigenvalue weighted by Crippen LogP contribution is -2.71. The number of ether oxygens (including phenoxy) is 12. The fourth-order valence-electron chi connectivity index (χ4n) is 21.5.